The molecule has 4 rings (SSSR count). The molecule has 0 heterocycles. The molecule has 1 aromatic carbocycles. The van der Waals surface area contributed by atoms with Gasteiger partial charge in [-0.3, -0.25) is 4.79 Å². The molecule has 3 aliphatic rings. The van der Waals surface area contributed by atoms with Gasteiger partial charge >= 0.3 is 0 Å². The Bertz CT molecular complexity index is 641. The third-order valence-electron chi connectivity index (χ3n) is 6.89. The number of carbonyl (C=O) groups is 1. The minimum Gasteiger partial charge on any atom is -0.508 e. The van der Waals surface area contributed by atoms with Gasteiger partial charge in [0.15, 0.2) is 0 Å². The number of fused-ring (bicyclic) bond motifs is 5. The number of aliphatic hydroxyl groups excluding tert-OH is 1. The standard InChI is InChI=1S/C19H24O4/c1-19-7-6-14-13(15(19)4-5-17(19)22)3-2-11-8-12(21)9-16(18(11)14)23-10-20/h8-10,13-15,17,21-22H,2-7H2,1H3/t13-,14+,15+,17-,19+/m1/s1. The molecule has 124 valence electrons. The lowest BCUT2D eigenvalue weighted by atomic mass is 9.55. The highest BCUT2D eigenvalue weighted by Crippen LogP contribution is 2.61. The van der Waals surface area contributed by atoms with Gasteiger partial charge in [0.05, 0.1) is 6.10 Å². The zero-order valence-electron chi connectivity index (χ0n) is 13.5. The Morgan fingerprint density at radius 3 is 2.87 bits per heavy atom. The molecule has 23 heavy (non-hydrogen) atoms. The summed E-state index contributed by atoms with van der Waals surface area (Å²) in [4.78, 5) is 10.9. The molecule has 2 fully saturated rings. The van der Waals surface area contributed by atoms with Crippen molar-refractivity contribution in [1.29, 1.82) is 0 Å². The van der Waals surface area contributed by atoms with Crippen molar-refractivity contribution in [2.24, 2.45) is 17.3 Å². The van der Waals surface area contributed by atoms with Gasteiger partial charge < -0.3 is 14.9 Å². The number of aliphatic hydroxyl groups is 1. The van der Waals surface area contributed by atoms with Gasteiger partial charge in [-0.1, -0.05) is 6.92 Å². The molecule has 2 N–H and O–H groups in total. The molecule has 0 spiro atoms. The maximum Gasteiger partial charge on any atom is 0.298 e. The normalized spacial score (nSPS) is 38.3. The van der Waals surface area contributed by atoms with Crippen molar-refractivity contribution in [1.82, 2.24) is 0 Å². The number of hydrogen-bond donors (Lipinski definition) is 2. The second kappa shape index (κ2) is 5.23. The van der Waals surface area contributed by atoms with Crippen LogP contribution in [0.25, 0.3) is 0 Å². The second-order valence-corrected chi connectivity index (χ2v) is 7.78. The molecule has 0 amide bonds. The SMILES string of the molecule is C[C@]12CC[C@@H]3c4c(cc(O)cc4OC=O)CC[C@H]3[C@@H]1CC[C@H]2O. The minimum absolute atomic E-state index is 0.0429. The van der Waals surface area contributed by atoms with E-state index in [9.17, 15) is 15.0 Å². The molecule has 0 unspecified atom stereocenters. The number of aryl methyl sites for hydroxylation is 1. The van der Waals surface area contributed by atoms with Crippen LogP contribution in [-0.4, -0.2) is 22.8 Å². The minimum atomic E-state index is -0.180. The molecule has 0 aliphatic heterocycles. The molecule has 0 radical (unpaired) electrons. The molecule has 4 heteroatoms. The van der Waals surface area contributed by atoms with Crippen molar-refractivity contribution >= 4 is 6.47 Å². The summed E-state index contributed by atoms with van der Waals surface area (Å²) in [7, 11) is 0. The van der Waals surface area contributed by atoms with Gasteiger partial charge in [0.25, 0.3) is 6.47 Å². The van der Waals surface area contributed by atoms with Crippen LogP contribution in [-0.2, 0) is 11.2 Å². The second-order valence-electron chi connectivity index (χ2n) is 7.78. The van der Waals surface area contributed by atoms with Crippen LogP contribution in [0.1, 0.15) is 56.1 Å². The quantitative estimate of drug-likeness (QED) is 0.823. The Balaban J connectivity index is 1.76. The first-order valence-electron chi connectivity index (χ1n) is 8.68. The average molecular weight is 316 g/mol. The molecule has 1 aromatic rings. The summed E-state index contributed by atoms with van der Waals surface area (Å²) in [6.45, 7) is 2.70. The topological polar surface area (TPSA) is 66.8 Å². The summed E-state index contributed by atoms with van der Waals surface area (Å²) in [5, 5.41) is 20.3. The fourth-order valence-corrected chi connectivity index (χ4v) is 5.79. The summed E-state index contributed by atoms with van der Waals surface area (Å²) >= 11 is 0. The van der Waals surface area contributed by atoms with Crippen LogP contribution in [0, 0.1) is 17.3 Å². The molecule has 0 aromatic heterocycles. The molecule has 0 bridgehead atoms. The third kappa shape index (κ3) is 2.11. The third-order valence-corrected chi connectivity index (χ3v) is 6.89. The van der Waals surface area contributed by atoms with E-state index in [0.29, 0.717) is 30.0 Å². The van der Waals surface area contributed by atoms with Crippen molar-refractivity contribution in [2.75, 3.05) is 0 Å². The number of phenols is 1. The zero-order chi connectivity index (χ0) is 16.2. The van der Waals surface area contributed by atoms with E-state index in [1.807, 2.05) is 6.07 Å². The first kappa shape index (κ1) is 15.0. The Hall–Kier alpha value is -1.55. The predicted octanol–water partition coefficient (Wildman–Crippen LogP) is 3.14. The van der Waals surface area contributed by atoms with Gasteiger partial charge in [-0.2, -0.15) is 0 Å². The van der Waals surface area contributed by atoms with Crippen LogP contribution in [0.5, 0.6) is 11.5 Å². The van der Waals surface area contributed by atoms with Crippen LogP contribution in [0.4, 0.5) is 0 Å². The van der Waals surface area contributed by atoms with Crippen LogP contribution in [0.3, 0.4) is 0 Å². The van der Waals surface area contributed by atoms with E-state index in [-0.39, 0.29) is 17.3 Å². The molecular formula is C19H24O4. The van der Waals surface area contributed by atoms with Crippen LogP contribution in [0.15, 0.2) is 12.1 Å². The molecule has 0 saturated heterocycles. The van der Waals surface area contributed by atoms with Crippen molar-refractivity contribution in [2.45, 2.75) is 57.5 Å². The summed E-state index contributed by atoms with van der Waals surface area (Å²) in [6.07, 6.45) is 5.85. The summed E-state index contributed by atoms with van der Waals surface area (Å²) in [5.41, 5.74) is 2.28. The monoisotopic (exact) mass is 316 g/mol. The lowest BCUT2D eigenvalue weighted by Crippen LogP contribution is -2.44. The summed E-state index contributed by atoms with van der Waals surface area (Å²) in [6, 6.07) is 3.38. The van der Waals surface area contributed by atoms with Crippen molar-refractivity contribution in [3.63, 3.8) is 0 Å². The van der Waals surface area contributed by atoms with Crippen molar-refractivity contribution < 1.29 is 19.7 Å². The number of ether oxygens (including phenoxy) is 1. The Kier molecular flexibility index (Phi) is 3.41. The predicted molar refractivity (Wildman–Crippen MR) is 85.4 cm³/mol. The van der Waals surface area contributed by atoms with Gasteiger partial charge in [-0.05, 0) is 73.3 Å². The molecular weight excluding hydrogens is 292 g/mol. The van der Waals surface area contributed by atoms with Crippen LogP contribution in [0.2, 0.25) is 0 Å². The van der Waals surface area contributed by atoms with Crippen LogP contribution < -0.4 is 4.74 Å². The Labute approximate surface area is 136 Å². The van der Waals surface area contributed by atoms with E-state index < -0.39 is 0 Å². The maximum absolute atomic E-state index is 10.9. The number of carbonyl (C=O) groups excluding carboxylic acids is 1. The van der Waals surface area contributed by atoms with Gasteiger partial charge in [0.2, 0.25) is 0 Å². The van der Waals surface area contributed by atoms with Gasteiger partial charge in [0.1, 0.15) is 11.5 Å². The van der Waals surface area contributed by atoms with E-state index in [4.69, 9.17) is 4.74 Å². The lowest BCUT2D eigenvalue weighted by molar-refractivity contribution is -0.120. The lowest BCUT2D eigenvalue weighted by Gasteiger charge is -2.50. The van der Waals surface area contributed by atoms with E-state index >= 15 is 0 Å². The van der Waals surface area contributed by atoms with E-state index in [1.54, 1.807) is 6.07 Å². The largest absolute Gasteiger partial charge is 0.508 e. The fraction of sp³-hybridized carbons (Fsp3) is 0.632. The maximum atomic E-state index is 10.9. The van der Waals surface area contributed by atoms with Gasteiger partial charge in [-0.15, -0.1) is 0 Å². The molecule has 4 nitrogen and oxygen atoms in total. The number of phenolic OH excluding ortho intramolecular Hbond substituents is 1. The average Bonchev–Trinajstić information content (AvgIpc) is 2.82. The van der Waals surface area contributed by atoms with E-state index in [2.05, 4.69) is 6.92 Å². The number of aromatic hydroxyl groups is 1. The summed E-state index contributed by atoms with van der Waals surface area (Å²) < 4.78 is 5.20. The molecule has 3 aliphatic carbocycles. The number of benzene rings is 1. The highest BCUT2D eigenvalue weighted by atomic mass is 16.5. The number of hydrogen-bond acceptors (Lipinski definition) is 4. The first-order valence-corrected chi connectivity index (χ1v) is 8.68. The van der Waals surface area contributed by atoms with Gasteiger partial charge in [0, 0.05) is 11.6 Å². The van der Waals surface area contributed by atoms with Crippen molar-refractivity contribution in [3.8, 4) is 11.5 Å². The van der Waals surface area contributed by atoms with Crippen molar-refractivity contribution in [3.05, 3.63) is 23.3 Å². The smallest absolute Gasteiger partial charge is 0.298 e. The van der Waals surface area contributed by atoms with Crippen LogP contribution >= 0.6 is 0 Å². The highest BCUT2D eigenvalue weighted by Gasteiger charge is 2.54. The van der Waals surface area contributed by atoms with E-state index in [1.165, 1.54) is 0 Å². The Morgan fingerprint density at radius 2 is 2.09 bits per heavy atom. The zero-order valence-corrected chi connectivity index (χ0v) is 13.5. The molecule has 5 atom stereocenters. The number of rotatable bonds is 2. The van der Waals surface area contributed by atoms with Gasteiger partial charge in [-0.25, -0.2) is 0 Å². The van der Waals surface area contributed by atoms with E-state index in [0.717, 1.165) is 49.7 Å². The fourth-order valence-electron chi connectivity index (χ4n) is 5.79. The first-order chi connectivity index (χ1) is 11.0. The Morgan fingerprint density at radius 1 is 1.26 bits per heavy atom. The molecule has 2 saturated carbocycles. The highest BCUT2D eigenvalue weighted by molar-refractivity contribution is 5.55. The summed E-state index contributed by atoms with van der Waals surface area (Å²) in [5.74, 6) is 2.14.